The molecule has 0 saturated heterocycles. The van der Waals surface area contributed by atoms with E-state index in [4.69, 9.17) is 5.26 Å². The maximum Gasteiger partial charge on any atom is 0.251 e. The molecule has 0 spiro atoms. The molecule has 2 rings (SSSR count). The van der Waals surface area contributed by atoms with Gasteiger partial charge in [-0.1, -0.05) is 48.0 Å². The van der Waals surface area contributed by atoms with Crippen molar-refractivity contribution in [2.75, 3.05) is 12.3 Å². The predicted octanol–water partition coefficient (Wildman–Crippen LogP) is 1.35. The number of carbonyl (C=O) groups is 2. The van der Waals surface area contributed by atoms with Gasteiger partial charge in [0.1, 0.15) is 12.6 Å². The third kappa shape index (κ3) is 6.52. The summed E-state index contributed by atoms with van der Waals surface area (Å²) in [4.78, 5) is 24.7. The van der Waals surface area contributed by atoms with Crippen LogP contribution < -0.4 is 10.6 Å². The molecule has 0 aliphatic rings. The van der Waals surface area contributed by atoms with Gasteiger partial charge in [-0.2, -0.15) is 5.26 Å². The van der Waals surface area contributed by atoms with Crippen LogP contribution in [0.2, 0.25) is 0 Å². The average Bonchev–Trinajstić information content (AvgIpc) is 2.67. The van der Waals surface area contributed by atoms with Crippen molar-refractivity contribution in [2.45, 2.75) is 18.7 Å². The fourth-order valence-electron chi connectivity index (χ4n) is 2.51. The number of sulfone groups is 1. The smallest absolute Gasteiger partial charge is 0.251 e. The highest BCUT2D eigenvalue weighted by Gasteiger charge is 2.27. The molecule has 0 aliphatic carbocycles. The first-order valence-electron chi connectivity index (χ1n) is 8.57. The van der Waals surface area contributed by atoms with Crippen molar-refractivity contribution in [3.8, 4) is 6.07 Å². The molecule has 2 amide bonds. The van der Waals surface area contributed by atoms with E-state index >= 15 is 0 Å². The molecule has 0 heterocycles. The molecule has 146 valence electrons. The molecule has 0 radical (unpaired) electrons. The van der Waals surface area contributed by atoms with Gasteiger partial charge in [0.25, 0.3) is 5.91 Å². The van der Waals surface area contributed by atoms with Crippen LogP contribution in [0.25, 0.3) is 0 Å². The highest BCUT2D eigenvalue weighted by molar-refractivity contribution is 7.90. The van der Waals surface area contributed by atoms with Crippen molar-refractivity contribution >= 4 is 21.7 Å². The summed E-state index contributed by atoms with van der Waals surface area (Å²) < 4.78 is 25.2. The van der Waals surface area contributed by atoms with Crippen LogP contribution in [-0.4, -0.2) is 38.6 Å². The van der Waals surface area contributed by atoms with Gasteiger partial charge in [-0.15, -0.1) is 0 Å². The van der Waals surface area contributed by atoms with Gasteiger partial charge in [0.2, 0.25) is 5.91 Å². The molecule has 0 unspecified atom stereocenters. The first-order valence-corrected chi connectivity index (χ1v) is 10.4. The lowest BCUT2D eigenvalue weighted by atomic mass is 10.2. The van der Waals surface area contributed by atoms with Crippen LogP contribution in [0, 0.1) is 18.3 Å². The minimum absolute atomic E-state index is 0.253. The molecule has 28 heavy (non-hydrogen) atoms. The molecule has 0 bridgehead atoms. The molecular weight excluding hydrogens is 378 g/mol. The van der Waals surface area contributed by atoms with Crippen LogP contribution in [0.4, 0.5) is 0 Å². The van der Waals surface area contributed by atoms with Crippen LogP contribution in [-0.2, 0) is 20.4 Å². The van der Waals surface area contributed by atoms with E-state index in [-0.39, 0.29) is 12.3 Å². The Morgan fingerprint density at radius 1 is 1.07 bits per heavy atom. The molecule has 2 aromatic carbocycles. The van der Waals surface area contributed by atoms with Gasteiger partial charge >= 0.3 is 0 Å². The average molecular weight is 399 g/mol. The summed E-state index contributed by atoms with van der Waals surface area (Å²) in [6, 6.07) is 15.6. The van der Waals surface area contributed by atoms with Crippen molar-refractivity contribution in [1.29, 1.82) is 5.26 Å². The molecule has 0 fully saturated rings. The van der Waals surface area contributed by atoms with Gasteiger partial charge in [-0.25, -0.2) is 8.42 Å². The Morgan fingerprint density at radius 3 is 2.32 bits per heavy atom. The Labute approximate surface area is 164 Å². The van der Waals surface area contributed by atoms with Crippen molar-refractivity contribution in [2.24, 2.45) is 0 Å². The Morgan fingerprint density at radius 2 is 1.71 bits per heavy atom. The van der Waals surface area contributed by atoms with E-state index in [1.165, 1.54) is 0 Å². The van der Waals surface area contributed by atoms with E-state index in [2.05, 4.69) is 10.6 Å². The molecule has 7 nitrogen and oxygen atoms in total. The molecule has 8 heteroatoms. The molecule has 0 aliphatic heterocycles. The van der Waals surface area contributed by atoms with Crippen LogP contribution in [0.3, 0.4) is 0 Å². The van der Waals surface area contributed by atoms with Gasteiger partial charge in [-0.05, 0) is 24.6 Å². The number of nitriles is 1. The molecule has 2 N–H and O–H groups in total. The molecule has 2 aromatic rings. The highest BCUT2D eigenvalue weighted by Crippen LogP contribution is 2.10. The predicted molar refractivity (Wildman–Crippen MR) is 105 cm³/mol. The molecular formula is C20H21N3O4S. The van der Waals surface area contributed by atoms with E-state index in [0.29, 0.717) is 11.1 Å². The number of benzene rings is 2. The Bertz CT molecular complexity index is 965. The van der Waals surface area contributed by atoms with Gasteiger partial charge in [0, 0.05) is 5.56 Å². The van der Waals surface area contributed by atoms with Gasteiger partial charge in [0.15, 0.2) is 9.84 Å². The number of hydrogen-bond donors (Lipinski definition) is 2. The number of carbonyl (C=O) groups excluding carboxylic acids is 2. The van der Waals surface area contributed by atoms with E-state index in [1.807, 2.05) is 6.92 Å². The van der Waals surface area contributed by atoms with Crippen LogP contribution >= 0.6 is 0 Å². The summed E-state index contributed by atoms with van der Waals surface area (Å²) in [6.07, 6.45) is 0. The lowest BCUT2D eigenvalue weighted by molar-refractivity contribution is -0.122. The standard InChI is InChI=1S/C20H21N3O4S/c1-15-7-9-16(10-8-15)13-28(26,27)14-18(20(25)22-12-11-21)23-19(24)17-5-3-2-4-6-17/h2-10,18H,12-14H2,1H3,(H,22,25)(H,23,24)/t18-/m0/s1. The topological polar surface area (TPSA) is 116 Å². The van der Waals surface area contributed by atoms with E-state index < -0.39 is 33.4 Å². The molecule has 1 atom stereocenters. The monoisotopic (exact) mass is 399 g/mol. The van der Waals surface area contributed by atoms with Crippen molar-refractivity contribution in [1.82, 2.24) is 10.6 Å². The van der Waals surface area contributed by atoms with Crippen LogP contribution in [0.1, 0.15) is 21.5 Å². The number of hydrogen-bond acceptors (Lipinski definition) is 5. The van der Waals surface area contributed by atoms with Gasteiger partial charge in [-0.3, -0.25) is 9.59 Å². The maximum atomic E-state index is 12.6. The number of nitrogens with zero attached hydrogens (tertiary/aromatic N) is 1. The lowest BCUT2D eigenvalue weighted by Gasteiger charge is -2.18. The third-order valence-electron chi connectivity index (χ3n) is 3.93. The Balaban J connectivity index is 2.15. The second kappa shape index (κ2) is 9.67. The fraction of sp³-hybridized carbons (Fsp3) is 0.250. The van der Waals surface area contributed by atoms with E-state index in [1.54, 1.807) is 60.7 Å². The van der Waals surface area contributed by atoms with Gasteiger partial charge < -0.3 is 10.6 Å². The summed E-state index contributed by atoms with van der Waals surface area (Å²) in [6.45, 7) is 1.61. The largest absolute Gasteiger partial charge is 0.341 e. The zero-order valence-electron chi connectivity index (χ0n) is 15.4. The SMILES string of the molecule is Cc1ccc(CS(=O)(=O)C[C@H](NC(=O)c2ccccc2)C(=O)NCC#N)cc1. The number of rotatable bonds is 8. The van der Waals surface area contributed by atoms with E-state index in [9.17, 15) is 18.0 Å². The fourth-order valence-corrected chi connectivity index (χ4v) is 4.08. The summed E-state index contributed by atoms with van der Waals surface area (Å²) in [5, 5.41) is 13.4. The summed E-state index contributed by atoms with van der Waals surface area (Å²) in [5.41, 5.74) is 1.90. The summed E-state index contributed by atoms with van der Waals surface area (Å²) in [7, 11) is -3.70. The zero-order chi connectivity index (χ0) is 20.6. The van der Waals surface area contributed by atoms with Crippen molar-refractivity contribution in [3.05, 3.63) is 71.3 Å². The Hall–Kier alpha value is -3.18. The Kier molecular flexibility index (Phi) is 7.29. The lowest BCUT2D eigenvalue weighted by Crippen LogP contribution is -2.50. The third-order valence-corrected chi connectivity index (χ3v) is 5.54. The minimum atomic E-state index is -3.70. The highest BCUT2D eigenvalue weighted by atomic mass is 32.2. The number of aryl methyl sites for hydroxylation is 1. The maximum absolute atomic E-state index is 12.6. The van der Waals surface area contributed by atoms with Crippen molar-refractivity contribution in [3.63, 3.8) is 0 Å². The zero-order valence-corrected chi connectivity index (χ0v) is 16.2. The van der Waals surface area contributed by atoms with Crippen molar-refractivity contribution < 1.29 is 18.0 Å². The second-order valence-electron chi connectivity index (χ2n) is 6.31. The van der Waals surface area contributed by atoms with Crippen LogP contribution in [0.15, 0.2) is 54.6 Å². The second-order valence-corrected chi connectivity index (χ2v) is 8.42. The molecule has 0 aromatic heterocycles. The van der Waals surface area contributed by atoms with Crippen LogP contribution in [0.5, 0.6) is 0 Å². The first-order chi connectivity index (χ1) is 13.3. The minimum Gasteiger partial charge on any atom is -0.341 e. The summed E-state index contributed by atoms with van der Waals surface area (Å²) in [5.74, 6) is -2.12. The quantitative estimate of drug-likeness (QED) is 0.650. The molecule has 0 saturated carbocycles. The van der Waals surface area contributed by atoms with E-state index in [0.717, 1.165) is 5.56 Å². The first kappa shape index (κ1) is 21.1. The normalized spacial score (nSPS) is 11.9. The summed E-state index contributed by atoms with van der Waals surface area (Å²) >= 11 is 0. The van der Waals surface area contributed by atoms with Gasteiger partial charge in [0.05, 0.1) is 17.6 Å². The number of amides is 2. The number of nitrogens with one attached hydrogen (secondary N) is 2.